The maximum Gasteiger partial charge on any atom is 0.346 e. The van der Waals surface area contributed by atoms with Crippen molar-refractivity contribution in [1.29, 1.82) is 0 Å². The van der Waals surface area contributed by atoms with Gasteiger partial charge in [0, 0.05) is 0 Å². The van der Waals surface area contributed by atoms with Crippen LogP contribution in [-0.2, 0) is 14.7 Å². The Bertz CT molecular complexity index is 555. The van der Waals surface area contributed by atoms with Crippen LogP contribution in [0.15, 0.2) is 23.3 Å². The number of hydrogen-bond acceptors (Lipinski definition) is 3. The van der Waals surface area contributed by atoms with Crippen LogP contribution in [0.2, 0.25) is 0 Å². The summed E-state index contributed by atoms with van der Waals surface area (Å²) >= 11 is 0. The molecule has 0 aromatic heterocycles. The molecule has 23 heavy (non-hydrogen) atoms. The molecule has 0 spiro atoms. The second-order valence-electron chi connectivity index (χ2n) is 6.07. The minimum atomic E-state index is -4.84. The maximum absolute atomic E-state index is 11.1. The van der Waals surface area contributed by atoms with Crippen LogP contribution < -0.4 is 0 Å². The molecule has 0 aromatic carbocycles. The standard InChI is InChI=1S/C15H29O6PS/c1-13(2)9-8-11-14(3)10-6-4-5-7-12-15(22(16,17)18)23(19,20)21/h9-10,15H,4-8,11-12H2,1-3H3,(H2,16,17,18)(H,19,20,21). The molecule has 8 heteroatoms. The molecular weight excluding hydrogens is 339 g/mol. The topological polar surface area (TPSA) is 112 Å². The zero-order valence-electron chi connectivity index (χ0n) is 14.1. The zero-order chi connectivity index (χ0) is 18.1. The quantitative estimate of drug-likeness (QED) is 0.220. The fourth-order valence-corrected chi connectivity index (χ4v) is 4.54. The van der Waals surface area contributed by atoms with E-state index in [9.17, 15) is 13.0 Å². The zero-order valence-corrected chi connectivity index (χ0v) is 15.8. The molecule has 0 aliphatic carbocycles. The van der Waals surface area contributed by atoms with Crippen molar-refractivity contribution in [2.75, 3.05) is 0 Å². The second kappa shape index (κ2) is 10.4. The van der Waals surface area contributed by atoms with Gasteiger partial charge in [0.1, 0.15) is 0 Å². The third-order valence-corrected chi connectivity index (χ3v) is 7.01. The molecule has 0 radical (unpaired) electrons. The Balaban J connectivity index is 4.09. The Hall–Kier alpha value is -0.460. The molecule has 0 saturated heterocycles. The van der Waals surface area contributed by atoms with E-state index in [-0.39, 0.29) is 6.42 Å². The normalized spacial score (nSPS) is 14.6. The van der Waals surface area contributed by atoms with Crippen molar-refractivity contribution in [1.82, 2.24) is 0 Å². The van der Waals surface area contributed by atoms with Crippen molar-refractivity contribution in [3.05, 3.63) is 23.3 Å². The van der Waals surface area contributed by atoms with Gasteiger partial charge < -0.3 is 9.79 Å². The lowest BCUT2D eigenvalue weighted by molar-refractivity contribution is 0.359. The van der Waals surface area contributed by atoms with Crippen LogP contribution in [0.1, 0.15) is 65.7 Å². The van der Waals surface area contributed by atoms with Crippen molar-refractivity contribution in [3.63, 3.8) is 0 Å². The number of unbranched alkanes of at least 4 members (excludes halogenated alkanes) is 3. The second-order valence-corrected chi connectivity index (χ2v) is 9.82. The van der Waals surface area contributed by atoms with E-state index < -0.39 is 22.7 Å². The van der Waals surface area contributed by atoms with Crippen molar-refractivity contribution in [2.45, 2.75) is 70.7 Å². The lowest BCUT2D eigenvalue weighted by atomic mass is 10.1. The summed E-state index contributed by atoms with van der Waals surface area (Å²) in [4.78, 5) is 15.9. The number of rotatable bonds is 11. The van der Waals surface area contributed by atoms with Crippen LogP contribution in [0.5, 0.6) is 0 Å². The lowest BCUT2D eigenvalue weighted by Crippen LogP contribution is -2.20. The van der Waals surface area contributed by atoms with Crippen LogP contribution in [0, 0.1) is 0 Å². The molecule has 1 atom stereocenters. The van der Waals surface area contributed by atoms with Gasteiger partial charge in [0.25, 0.3) is 10.1 Å². The van der Waals surface area contributed by atoms with E-state index in [1.165, 1.54) is 11.1 Å². The molecule has 0 aliphatic rings. The fraction of sp³-hybridized carbons (Fsp3) is 0.733. The maximum atomic E-state index is 11.1. The first-order chi connectivity index (χ1) is 10.4. The number of allylic oxidation sites excluding steroid dienone is 4. The predicted octanol–water partition coefficient (Wildman–Crippen LogP) is 4.02. The van der Waals surface area contributed by atoms with E-state index in [2.05, 4.69) is 32.9 Å². The lowest BCUT2D eigenvalue weighted by Gasteiger charge is -2.14. The SMILES string of the molecule is CC(C)=CCCC(C)=CCCCCCC(P(=O)(O)O)S(=O)(=O)O. The molecule has 0 bridgehead atoms. The Morgan fingerprint density at radius 2 is 1.65 bits per heavy atom. The number of hydrogen-bond donors (Lipinski definition) is 3. The summed E-state index contributed by atoms with van der Waals surface area (Å²) < 4.78 is 41.9. The average molecular weight is 368 g/mol. The van der Waals surface area contributed by atoms with E-state index >= 15 is 0 Å². The first kappa shape index (κ1) is 22.5. The highest BCUT2D eigenvalue weighted by Gasteiger charge is 2.38. The van der Waals surface area contributed by atoms with Crippen LogP contribution in [0.25, 0.3) is 0 Å². The monoisotopic (exact) mass is 368 g/mol. The van der Waals surface area contributed by atoms with Crippen LogP contribution in [-0.4, -0.2) is 27.7 Å². The van der Waals surface area contributed by atoms with Gasteiger partial charge in [-0.15, -0.1) is 0 Å². The minimum absolute atomic E-state index is 0.230. The molecule has 0 amide bonds. The first-order valence-corrected chi connectivity index (χ1v) is 10.9. The summed E-state index contributed by atoms with van der Waals surface area (Å²) in [5, 5.41) is 0. The Kier molecular flexibility index (Phi) is 10.2. The highest BCUT2D eigenvalue weighted by Crippen LogP contribution is 2.46. The van der Waals surface area contributed by atoms with Gasteiger partial charge in [-0.2, -0.15) is 8.42 Å². The summed E-state index contributed by atoms with van der Waals surface area (Å²) in [6, 6.07) is 0. The van der Waals surface area contributed by atoms with Crippen molar-refractivity contribution >= 4 is 17.7 Å². The van der Waals surface area contributed by atoms with Crippen molar-refractivity contribution < 1.29 is 27.3 Å². The van der Waals surface area contributed by atoms with Gasteiger partial charge in [-0.1, -0.05) is 36.1 Å². The molecule has 6 nitrogen and oxygen atoms in total. The van der Waals surface area contributed by atoms with E-state index in [1.807, 2.05) is 0 Å². The fourth-order valence-electron chi connectivity index (χ4n) is 2.17. The molecule has 0 saturated carbocycles. The van der Waals surface area contributed by atoms with Crippen LogP contribution in [0.3, 0.4) is 0 Å². The van der Waals surface area contributed by atoms with Gasteiger partial charge in [-0.25, -0.2) is 0 Å². The van der Waals surface area contributed by atoms with Gasteiger partial charge in [0.05, 0.1) is 0 Å². The molecule has 0 fully saturated rings. The predicted molar refractivity (Wildman–Crippen MR) is 92.9 cm³/mol. The van der Waals surface area contributed by atoms with Crippen LogP contribution in [0.4, 0.5) is 0 Å². The minimum Gasteiger partial charge on any atom is -0.323 e. The summed E-state index contributed by atoms with van der Waals surface area (Å²) in [6.07, 6.45) is 8.80. The molecule has 0 aromatic rings. The largest absolute Gasteiger partial charge is 0.346 e. The highest BCUT2D eigenvalue weighted by atomic mass is 32.2. The summed E-state index contributed by atoms with van der Waals surface area (Å²) in [7, 11) is -9.57. The summed E-state index contributed by atoms with van der Waals surface area (Å²) in [6.45, 7) is 6.20. The molecule has 0 aliphatic heterocycles. The van der Waals surface area contributed by atoms with Gasteiger partial charge >= 0.3 is 7.60 Å². The molecule has 0 rings (SSSR count). The Morgan fingerprint density at radius 1 is 1.04 bits per heavy atom. The van der Waals surface area contributed by atoms with Crippen molar-refractivity contribution in [2.24, 2.45) is 0 Å². The first-order valence-electron chi connectivity index (χ1n) is 7.75. The summed E-state index contributed by atoms with van der Waals surface area (Å²) in [5.74, 6) is 0. The summed E-state index contributed by atoms with van der Waals surface area (Å²) in [5.41, 5.74) is 2.60. The van der Waals surface area contributed by atoms with Crippen LogP contribution >= 0.6 is 7.60 Å². The van der Waals surface area contributed by atoms with Crippen molar-refractivity contribution in [3.8, 4) is 0 Å². The molecule has 1 unspecified atom stereocenters. The van der Waals surface area contributed by atoms with Gasteiger partial charge in [0.15, 0.2) is 4.99 Å². The molecule has 3 N–H and O–H groups in total. The third kappa shape index (κ3) is 11.7. The van der Waals surface area contributed by atoms with Gasteiger partial charge in [-0.3, -0.25) is 9.12 Å². The molecule has 136 valence electrons. The Morgan fingerprint density at radius 3 is 2.13 bits per heavy atom. The van der Waals surface area contributed by atoms with E-state index in [1.54, 1.807) is 0 Å². The third-order valence-electron chi connectivity index (χ3n) is 3.46. The van der Waals surface area contributed by atoms with Gasteiger partial charge in [-0.05, 0) is 52.9 Å². The molecular formula is C15H29O6PS. The van der Waals surface area contributed by atoms with E-state index in [4.69, 9.17) is 14.3 Å². The van der Waals surface area contributed by atoms with E-state index in [0.29, 0.717) is 12.8 Å². The molecule has 0 heterocycles. The smallest absolute Gasteiger partial charge is 0.323 e. The Labute approximate surface area is 139 Å². The average Bonchev–Trinajstić information content (AvgIpc) is 2.33. The van der Waals surface area contributed by atoms with E-state index in [0.717, 1.165) is 25.7 Å². The highest BCUT2D eigenvalue weighted by molar-refractivity contribution is 7.93. The van der Waals surface area contributed by atoms with Gasteiger partial charge in [0.2, 0.25) is 0 Å².